The molecule has 0 radical (unpaired) electrons. The van der Waals surface area contributed by atoms with Gasteiger partial charge < -0.3 is 19.7 Å². The lowest BCUT2D eigenvalue weighted by atomic mass is 9.33. The van der Waals surface area contributed by atoms with Crippen LogP contribution in [0.2, 0.25) is 5.02 Å². The van der Waals surface area contributed by atoms with Crippen molar-refractivity contribution >= 4 is 29.3 Å². The first kappa shape index (κ1) is 44.3. The summed E-state index contributed by atoms with van der Waals surface area (Å²) in [5, 5.41) is 23.0. The normalized spacial score (nSPS) is 35.4. The molecule has 0 aliphatic heterocycles. The third-order valence-corrected chi connectivity index (χ3v) is 17.3. The van der Waals surface area contributed by atoms with Gasteiger partial charge in [-0.05, 0) is 135 Å². The van der Waals surface area contributed by atoms with Crippen LogP contribution in [0.4, 0.5) is 0 Å². The average Bonchev–Trinajstić information content (AvgIpc) is 3.44. The zero-order valence-corrected chi connectivity index (χ0v) is 37.4. The highest BCUT2D eigenvalue weighted by Crippen LogP contribution is 2.77. The van der Waals surface area contributed by atoms with Crippen molar-refractivity contribution in [3.63, 3.8) is 0 Å². The van der Waals surface area contributed by atoms with E-state index in [0.29, 0.717) is 43.0 Å². The fourth-order valence-electron chi connectivity index (χ4n) is 13.8. The predicted molar refractivity (Wildman–Crippen MR) is 225 cm³/mol. The molecule has 4 fully saturated rings. The average molecular weight is 811 g/mol. The molecule has 0 amide bonds. The van der Waals surface area contributed by atoms with Gasteiger partial charge in [0, 0.05) is 55.6 Å². The maximum Gasteiger partial charge on any atom is 0.309 e. The number of ketones is 1. The van der Waals surface area contributed by atoms with Crippen LogP contribution >= 0.6 is 11.6 Å². The minimum absolute atomic E-state index is 0.0326. The summed E-state index contributed by atoms with van der Waals surface area (Å²) in [7, 11) is 1.73. The number of ether oxygens (including phenoxy) is 2. The molecule has 2 N–H and O–H groups in total. The Bertz CT molecular complexity index is 1720. The molecule has 1 aromatic carbocycles. The molecular formula is C48H72ClNO7. The number of allylic oxidation sites excluding steroid dienone is 1. The summed E-state index contributed by atoms with van der Waals surface area (Å²) in [6.07, 6.45) is 7.91. The van der Waals surface area contributed by atoms with E-state index < -0.39 is 28.9 Å². The van der Waals surface area contributed by atoms with E-state index in [-0.39, 0.29) is 51.8 Å². The predicted octanol–water partition coefficient (Wildman–Crippen LogP) is 9.93. The van der Waals surface area contributed by atoms with E-state index in [1.165, 1.54) is 5.57 Å². The molecule has 0 aromatic heterocycles. The molecule has 6 rings (SSSR count). The van der Waals surface area contributed by atoms with Crippen LogP contribution in [-0.4, -0.2) is 71.8 Å². The van der Waals surface area contributed by atoms with Crippen molar-refractivity contribution in [2.75, 3.05) is 26.8 Å². The second kappa shape index (κ2) is 16.0. The number of rotatable bonds is 14. The summed E-state index contributed by atoms with van der Waals surface area (Å²) in [6, 6.07) is 7.96. The smallest absolute Gasteiger partial charge is 0.309 e. The first-order valence-corrected chi connectivity index (χ1v) is 22.3. The number of carboxylic acid groups (broad SMARTS) is 1. The van der Waals surface area contributed by atoms with Crippen molar-refractivity contribution < 1.29 is 34.1 Å². The summed E-state index contributed by atoms with van der Waals surface area (Å²) < 4.78 is 11.6. The first-order valence-electron chi connectivity index (χ1n) is 21.9. The maximum atomic E-state index is 14.3. The van der Waals surface area contributed by atoms with Gasteiger partial charge in [0.05, 0.1) is 17.9 Å². The number of methoxy groups -OCH3 is 1. The Hall–Kier alpha value is -2.26. The highest BCUT2D eigenvalue weighted by molar-refractivity contribution is 6.30. The number of halogens is 1. The molecule has 9 heteroatoms. The van der Waals surface area contributed by atoms with Crippen LogP contribution in [0.25, 0.3) is 0 Å². The van der Waals surface area contributed by atoms with Crippen LogP contribution in [0.1, 0.15) is 139 Å². The Labute approximate surface area is 347 Å². The van der Waals surface area contributed by atoms with Crippen LogP contribution < -0.4 is 0 Å². The van der Waals surface area contributed by atoms with E-state index in [0.717, 1.165) is 75.5 Å². The minimum Gasteiger partial charge on any atom is -0.481 e. The Morgan fingerprint density at radius 1 is 0.947 bits per heavy atom. The summed E-state index contributed by atoms with van der Waals surface area (Å²) in [5.74, 6) is -0.0329. The van der Waals surface area contributed by atoms with Gasteiger partial charge in [-0.25, -0.2) is 0 Å². The number of carboxylic acids is 1. The molecule has 5 aliphatic rings. The van der Waals surface area contributed by atoms with E-state index >= 15 is 0 Å². The van der Waals surface area contributed by atoms with Gasteiger partial charge in [0.15, 0.2) is 5.78 Å². The number of aliphatic carboxylic acids is 1. The zero-order chi connectivity index (χ0) is 41.9. The van der Waals surface area contributed by atoms with Crippen molar-refractivity contribution in [1.82, 2.24) is 4.90 Å². The van der Waals surface area contributed by atoms with Gasteiger partial charge in [-0.15, -0.1) is 0 Å². The van der Waals surface area contributed by atoms with Crippen molar-refractivity contribution in [2.45, 2.75) is 152 Å². The van der Waals surface area contributed by atoms with Gasteiger partial charge >= 0.3 is 11.9 Å². The topological polar surface area (TPSA) is 113 Å². The molecule has 5 aliphatic carbocycles. The molecule has 4 saturated carbocycles. The number of carbonyl (C=O) groups excluding carboxylic acids is 2. The van der Waals surface area contributed by atoms with Crippen LogP contribution in [0.5, 0.6) is 0 Å². The lowest BCUT2D eigenvalue weighted by Crippen LogP contribution is -2.66. The van der Waals surface area contributed by atoms with E-state index in [1.54, 1.807) is 21.0 Å². The molecule has 8 nitrogen and oxygen atoms in total. The van der Waals surface area contributed by atoms with E-state index in [1.807, 2.05) is 12.1 Å². The SMILES string of the molecule is COCCCN(Cc1ccc(Cl)cc1)C[C@@H](O)[C@@]12CC[C@]3(C)[C@H](CCC4[C@@]5(C)CC[C@H](OC(=O)CC(C)(C)C(=O)O)C(C)(C)[C@@H]5CC[C@]43C)C1=C(C(C)C)C(=O)C2. The van der Waals surface area contributed by atoms with Gasteiger partial charge in [0.1, 0.15) is 6.10 Å². The lowest BCUT2D eigenvalue weighted by molar-refractivity contribution is -0.235. The molecule has 0 spiro atoms. The molecule has 318 valence electrons. The third kappa shape index (κ3) is 7.58. The standard InChI is InChI=1S/C48H72ClNO7/c1-30(2)40-34(51)26-48(37(52)29-50(24-11-25-56-10)28-31-12-14-32(49)15-13-31)23-22-46(8)33(41(40)48)16-17-36-45(7)20-19-38(57-39(53)27-43(3,4)42(54)55)44(5,6)35(45)18-21-47(36,46)9/h12-15,30,33,35-38,52H,11,16-29H2,1-10H3,(H,54,55)/t33-,35+,36?,37-,38+,45+,46-,47-,48+/m1/s1. The fraction of sp³-hybridized carbons (Fsp3) is 0.771. The second-order valence-electron chi connectivity index (χ2n) is 21.3. The Kier molecular flexibility index (Phi) is 12.4. The Morgan fingerprint density at radius 2 is 1.63 bits per heavy atom. The molecule has 1 unspecified atom stereocenters. The van der Waals surface area contributed by atoms with Crippen molar-refractivity contribution in [3.05, 3.63) is 46.0 Å². The molecule has 57 heavy (non-hydrogen) atoms. The number of hydrogen-bond donors (Lipinski definition) is 2. The number of esters is 1. The first-order chi connectivity index (χ1) is 26.6. The second-order valence-corrected chi connectivity index (χ2v) is 21.7. The molecule has 1 aromatic rings. The van der Waals surface area contributed by atoms with Gasteiger partial charge in [0.25, 0.3) is 0 Å². The van der Waals surface area contributed by atoms with E-state index in [4.69, 9.17) is 21.1 Å². The number of benzene rings is 1. The van der Waals surface area contributed by atoms with Gasteiger partial charge in [-0.2, -0.15) is 0 Å². The van der Waals surface area contributed by atoms with Crippen molar-refractivity contribution in [2.24, 2.45) is 56.2 Å². The van der Waals surface area contributed by atoms with Crippen LogP contribution in [-0.2, 0) is 30.4 Å². The van der Waals surface area contributed by atoms with Crippen molar-refractivity contribution in [1.29, 1.82) is 0 Å². The number of nitrogens with zero attached hydrogens (tertiary/aromatic N) is 1. The van der Waals surface area contributed by atoms with Gasteiger partial charge in [0.2, 0.25) is 0 Å². The van der Waals surface area contributed by atoms with Gasteiger partial charge in [-0.1, -0.05) is 77.8 Å². The van der Waals surface area contributed by atoms with Crippen LogP contribution in [0.3, 0.4) is 0 Å². The number of aliphatic hydroxyl groups excluding tert-OH is 1. The quantitative estimate of drug-likeness (QED) is 0.141. The van der Waals surface area contributed by atoms with Crippen LogP contribution in [0, 0.1) is 56.2 Å². The fourth-order valence-corrected chi connectivity index (χ4v) is 14.0. The summed E-state index contributed by atoms with van der Waals surface area (Å²) in [4.78, 5) is 41.6. The lowest BCUT2D eigenvalue weighted by Gasteiger charge is -2.72. The van der Waals surface area contributed by atoms with Gasteiger partial charge in [-0.3, -0.25) is 19.3 Å². The molecule has 0 bridgehead atoms. The highest BCUT2D eigenvalue weighted by Gasteiger charge is 2.71. The molecular weight excluding hydrogens is 738 g/mol. The largest absolute Gasteiger partial charge is 0.481 e. The molecule has 0 heterocycles. The Balaban J connectivity index is 1.28. The zero-order valence-electron chi connectivity index (χ0n) is 36.6. The summed E-state index contributed by atoms with van der Waals surface area (Å²) >= 11 is 6.23. The number of fused-ring (bicyclic) bond motifs is 7. The van der Waals surface area contributed by atoms with Crippen molar-refractivity contribution in [3.8, 4) is 0 Å². The number of Topliss-reactive ketones (excluding diaryl/α,β-unsaturated/α-hetero) is 1. The highest BCUT2D eigenvalue weighted by atomic mass is 35.5. The minimum atomic E-state index is -1.17. The maximum absolute atomic E-state index is 14.3. The number of carbonyl (C=O) groups is 3. The van der Waals surface area contributed by atoms with E-state index in [9.17, 15) is 24.6 Å². The monoisotopic (exact) mass is 809 g/mol. The van der Waals surface area contributed by atoms with E-state index in [2.05, 4.69) is 65.5 Å². The number of hydrogen-bond acceptors (Lipinski definition) is 7. The summed E-state index contributed by atoms with van der Waals surface area (Å²) in [5.41, 5.74) is 1.48. The van der Waals surface area contributed by atoms with Crippen LogP contribution in [0.15, 0.2) is 35.4 Å². The number of aliphatic hydroxyl groups is 1. The molecule has 9 atom stereocenters. The molecule has 0 saturated heterocycles. The third-order valence-electron chi connectivity index (χ3n) is 17.1. The summed E-state index contributed by atoms with van der Waals surface area (Å²) in [6.45, 7) is 22.3. The Morgan fingerprint density at radius 3 is 2.26 bits per heavy atom.